The number of ether oxygens (including phenoxy) is 2. The van der Waals surface area contributed by atoms with Gasteiger partial charge in [0.05, 0.1) is 29.8 Å². The fourth-order valence-corrected chi connectivity index (χ4v) is 4.59. The summed E-state index contributed by atoms with van der Waals surface area (Å²) in [4.78, 5) is 10.9. The number of anilines is 1. The van der Waals surface area contributed by atoms with Crippen LogP contribution in [0.3, 0.4) is 0 Å². The zero-order chi connectivity index (χ0) is 20.7. The fourth-order valence-electron chi connectivity index (χ4n) is 2.75. The summed E-state index contributed by atoms with van der Waals surface area (Å²) in [5, 5.41) is -0.263. The highest BCUT2D eigenvalue weighted by atomic mass is 35.5. The summed E-state index contributed by atoms with van der Waals surface area (Å²) in [7, 11) is -3.62. The van der Waals surface area contributed by atoms with Crippen molar-refractivity contribution in [2.75, 3.05) is 18.0 Å². The number of rotatable bonds is 3. The van der Waals surface area contributed by atoms with Crippen molar-refractivity contribution < 1.29 is 35.9 Å². The van der Waals surface area contributed by atoms with Crippen LogP contribution in [-0.2, 0) is 25.7 Å². The molecule has 1 unspecified atom stereocenters. The van der Waals surface area contributed by atoms with E-state index in [0.29, 0.717) is 10.4 Å². The molecule has 0 bridgehead atoms. The molecule has 0 radical (unpaired) electrons. The maximum Gasteiger partial charge on any atom is 0.417 e. The summed E-state index contributed by atoms with van der Waals surface area (Å²) < 4.78 is 77.4. The molecule has 0 N–H and O–H groups in total. The Labute approximate surface area is 163 Å². The van der Waals surface area contributed by atoms with E-state index in [9.17, 15) is 26.4 Å². The molecule has 1 aliphatic rings. The van der Waals surface area contributed by atoms with Crippen LogP contribution in [0.5, 0.6) is 5.75 Å². The lowest BCUT2D eigenvalue weighted by atomic mass is 10.2. The lowest BCUT2D eigenvalue weighted by Crippen LogP contribution is -2.47. The molecule has 0 fully saturated rings. The molecule has 0 amide bonds. The van der Waals surface area contributed by atoms with E-state index >= 15 is 0 Å². The quantitative estimate of drug-likeness (QED) is 0.690. The third-order valence-corrected chi connectivity index (χ3v) is 6.09. The summed E-state index contributed by atoms with van der Waals surface area (Å²) >= 11 is 5.63. The van der Waals surface area contributed by atoms with Crippen LogP contribution < -0.4 is 9.04 Å². The van der Waals surface area contributed by atoms with Gasteiger partial charge in [-0.25, -0.2) is 13.2 Å². The largest absolute Gasteiger partial charge is 0.475 e. The first kappa shape index (κ1) is 20.3. The second kappa shape index (κ2) is 7.17. The van der Waals surface area contributed by atoms with Crippen molar-refractivity contribution >= 4 is 33.3 Å². The molecular weight excluding hydrogens is 423 g/mol. The number of hydrogen-bond donors (Lipinski definition) is 0. The van der Waals surface area contributed by atoms with Crippen molar-refractivity contribution in [3.05, 3.63) is 53.1 Å². The molecule has 2 aromatic rings. The van der Waals surface area contributed by atoms with Crippen LogP contribution in [0.25, 0.3) is 0 Å². The van der Waals surface area contributed by atoms with Crippen molar-refractivity contribution in [3.8, 4) is 5.75 Å². The Hall–Kier alpha value is -2.46. The van der Waals surface area contributed by atoms with Gasteiger partial charge in [-0.2, -0.15) is 13.2 Å². The second-order valence-electron chi connectivity index (χ2n) is 5.77. The van der Waals surface area contributed by atoms with Crippen LogP contribution in [-0.4, -0.2) is 34.1 Å². The van der Waals surface area contributed by atoms with Gasteiger partial charge in [-0.1, -0.05) is 23.7 Å². The molecule has 1 atom stereocenters. The average molecular weight is 436 g/mol. The second-order valence-corrected chi connectivity index (χ2v) is 8.04. The Morgan fingerprint density at radius 1 is 1.25 bits per heavy atom. The molecule has 0 aromatic heterocycles. The number of para-hydroxylation sites is 2. The zero-order valence-electron chi connectivity index (χ0n) is 14.2. The highest BCUT2D eigenvalue weighted by Crippen LogP contribution is 2.41. The average Bonchev–Trinajstić information content (AvgIpc) is 2.65. The van der Waals surface area contributed by atoms with Gasteiger partial charge < -0.3 is 9.47 Å². The molecule has 1 heterocycles. The van der Waals surface area contributed by atoms with Gasteiger partial charge in [-0.05, 0) is 30.3 Å². The molecular formula is C17H13ClF3NO5S. The smallest absolute Gasteiger partial charge is 0.417 e. The van der Waals surface area contributed by atoms with Crippen molar-refractivity contribution in [3.63, 3.8) is 0 Å². The highest BCUT2D eigenvalue weighted by Gasteiger charge is 2.43. The topological polar surface area (TPSA) is 72.9 Å². The molecule has 11 heteroatoms. The van der Waals surface area contributed by atoms with Gasteiger partial charge >= 0.3 is 12.1 Å². The summed E-state index contributed by atoms with van der Waals surface area (Å²) in [5.41, 5.74) is -1.40. The molecule has 0 saturated heterocycles. The van der Waals surface area contributed by atoms with Gasteiger partial charge in [0.2, 0.25) is 6.10 Å². The number of alkyl halides is 3. The number of esters is 1. The third kappa shape index (κ3) is 3.61. The number of fused-ring (bicyclic) bond motifs is 1. The number of hydrogen-bond acceptors (Lipinski definition) is 5. The number of benzene rings is 2. The molecule has 0 aliphatic carbocycles. The van der Waals surface area contributed by atoms with Crippen LogP contribution in [0.15, 0.2) is 47.4 Å². The Bertz CT molecular complexity index is 1030. The Kier molecular flexibility index (Phi) is 5.20. The van der Waals surface area contributed by atoms with Gasteiger partial charge in [0, 0.05) is 5.02 Å². The fraction of sp³-hybridized carbons (Fsp3) is 0.235. The van der Waals surface area contributed by atoms with E-state index in [1.54, 1.807) is 0 Å². The summed E-state index contributed by atoms with van der Waals surface area (Å²) in [6, 6.07) is 8.17. The van der Waals surface area contributed by atoms with Crippen LogP contribution in [0.1, 0.15) is 5.56 Å². The minimum absolute atomic E-state index is 0.00530. The van der Waals surface area contributed by atoms with Gasteiger partial charge in [0.25, 0.3) is 10.0 Å². The van der Waals surface area contributed by atoms with E-state index in [0.717, 1.165) is 19.2 Å². The molecule has 6 nitrogen and oxygen atoms in total. The van der Waals surface area contributed by atoms with Gasteiger partial charge in [0.15, 0.2) is 0 Å². The number of sulfonamides is 1. The van der Waals surface area contributed by atoms with E-state index < -0.39 is 45.3 Å². The highest BCUT2D eigenvalue weighted by molar-refractivity contribution is 7.93. The summed E-state index contributed by atoms with van der Waals surface area (Å²) in [6.45, 7) is -0.550. The van der Waals surface area contributed by atoms with E-state index in [-0.39, 0.29) is 16.5 Å². The van der Waals surface area contributed by atoms with E-state index in [1.165, 1.54) is 24.3 Å². The van der Waals surface area contributed by atoms with Gasteiger partial charge in [-0.15, -0.1) is 0 Å². The maximum atomic E-state index is 13.4. The predicted molar refractivity (Wildman–Crippen MR) is 93.9 cm³/mol. The van der Waals surface area contributed by atoms with Crippen LogP contribution in [0.4, 0.5) is 18.9 Å². The van der Waals surface area contributed by atoms with Gasteiger partial charge in [0.1, 0.15) is 5.75 Å². The van der Waals surface area contributed by atoms with Gasteiger partial charge in [-0.3, -0.25) is 4.31 Å². The standard InChI is InChI=1S/C17H13ClF3NO5S/c1-26-16(23)14-9-22(12-4-2-3-5-13(12)27-14)28(24,25)15-7-6-10(18)8-11(15)17(19,20)21/h2-8,14H,9H2,1H3. The summed E-state index contributed by atoms with van der Waals surface area (Å²) in [5.74, 6) is -0.836. The van der Waals surface area contributed by atoms with Crippen molar-refractivity contribution in [1.82, 2.24) is 0 Å². The molecule has 0 spiro atoms. The van der Waals surface area contributed by atoms with E-state index in [4.69, 9.17) is 16.3 Å². The van der Waals surface area contributed by atoms with Crippen molar-refractivity contribution in [2.24, 2.45) is 0 Å². The maximum absolute atomic E-state index is 13.4. The molecule has 2 aromatic carbocycles. The lowest BCUT2D eigenvalue weighted by Gasteiger charge is -2.34. The first-order valence-electron chi connectivity index (χ1n) is 7.78. The Morgan fingerprint density at radius 2 is 1.93 bits per heavy atom. The summed E-state index contributed by atoms with van der Waals surface area (Å²) in [6.07, 6.45) is -6.29. The molecule has 3 rings (SSSR count). The van der Waals surface area contributed by atoms with E-state index in [2.05, 4.69) is 4.74 Å². The predicted octanol–water partition coefficient (Wildman–Crippen LogP) is 3.49. The normalized spacial score (nSPS) is 16.9. The number of methoxy groups -OCH3 is 1. The first-order chi connectivity index (χ1) is 13.1. The van der Waals surface area contributed by atoms with E-state index in [1.807, 2.05) is 0 Å². The van der Waals surface area contributed by atoms with Crippen molar-refractivity contribution in [1.29, 1.82) is 0 Å². The molecule has 0 saturated carbocycles. The number of carbonyl (C=O) groups excluding carboxylic acids is 1. The van der Waals surface area contributed by atoms with Crippen LogP contribution in [0.2, 0.25) is 5.02 Å². The first-order valence-corrected chi connectivity index (χ1v) is 9.60. The monoisotopic (exact) mass is 435 g/mol. The lowest BCUT2D eigenvalue weighted by molar-refractivity contribution is -0.148. The molecule has 150 valence electrons. The SMILES string of the molecule is COC(=O)C1CN(S(=O)(=O)c2ccc(Cl)cc2C(F)(F)F)c2ccccc2O1. The molecule has 1 aliphatic heterocycles. The zero-order valence-corrected chi connectivity index (χ0v) is 15.8. The van der Waals surface area contributed by atoms with Crippen molar-refractivity contribution in [2.45, 2.75) is 17.2 Å². The number of nitrogens with zero attached hydrogens (tertiary/aromatic N) is 1. The third-order valence-electron chi connectivity index (χ3n) is 4.01. The number of carbonyl (C=O) groups is 1. The molecule has 28 heavy (non-hydrogen) atoms. The minimum atomic E-state index is -4.96. The Balaban J connectivity index is 2.18. The van der Waals surface area contributed by atoms with Crippen LogP contribution in [0, 0.1) is 0 Å². The Morgan fingerprint density at radius 3 is 2.57 bits per heavy atom. The minimum Gasteiger partial charge on any atom is -0.475 e. The van der Waals surface area contributed by atoms with Crippen LogP contribution >= 0.6 is 11.6 Å². The number of halogens is 4.